The molecule has 1 unspecified atom stereocenters. The van der Waals surface area contributed by atoms with E-state index in [4.69, 9.17) is 0 Å². The maximum absolute atomic E-state index is 12.8. The first-order valence-corrected chi connectivity index (χ1v) is 7.47. The van der Waals surface area contributed by atoms with Gasteiger partial charge in [-0.25, -0.2) is 0 Å². The van der Waals surface area contributed by atoms with Crippen molar-refractivity contribution in [3.05, 3.63) is 29.3 Å². The van der Waals surface area contributed by atoms with Crippen LogP contribution in [0.4, 0.5) is 5.69 Å². The minimum Gasteiger partial charge on any atom is -0.384 e. The summed E-state index contributed by atoms with van der Waals surface area (Å²) in [6.45, 7) is 7.69. The van der Waals surface area contributed by atoms with E-state index in [1.807, 2.05) is 25.1 Å². The average Bonchev–Trinajstić information content (AvgIpc) is 2.48. The van der Waals surface area contributed by atoms with Gasteiger partial charge in [-0.05, 0) is 32.4 Å². The standard InChI is InChI=1S/C16H23N3O2/c1-4-7-17-14-6-5-11(2)10-13(14)16(21)19-9-8-18-15(20)12(19)3/h5-6,10,12,17H,4,7-9H2,1-3H3,(H,18,20). The summed E-state index contributed by atoms with van der Waals surface area (Å²) in [7, 11) is 0. The van der Waals surface area contributed by atoms with Gasteiger partial charge in [-0.1, -0.05) is 18.6 Å². The molecule has 5 heteroatoms. The molecule has 2 rings (SSSR count). The third kappa shape index (κ3) is 3.35. The number of carbonyl (C=O) groups is 2. The van der Waals surface area contributed by atoms with Gasteiger partial charge in [0.25, 0.3) is 5.91 Å². The summed E-state index contributed by atoms with van der Waals surface area (Å²) in [5, 5.41) is 6.07. The normalized spacial score (nSPS) is 18.3. The van der Waals surface area contributed by atoms with Crippen LogP contribution >= 0.6 is 0 Å². The first kappa shape index (κ1) is 15.4. The first-order valence-electron chi connectivity index (χ1n) is 7.47. The smallest absolute Gasteiger partial charge is 0.256 e. The second-order valence-electron chi connectivity index (χ2n) is 5.44. The van der Waals surface area contributed by atoms with Crippen LogP contribution < -0.4 is 10.6 Å². The molecule has 2 N–H and O–H groups in total. The predicted octanol–water partition coefficient (Wildman–Crippen LogP) is 1.78. The lowest BCUT2D eigenvalue weighted by Crippen LogP contribution is -2.55. The number of nitrogens with one attached hydrogen (secondary N) is 2. The Balaban J connectivity index is 2.28. The fraction of sp³-hybridized carbons (Fsp3) is 0.500. The third-order valence-electron chi connectivity index (χ3n) is 3.73. The van der Waals surface area contributed by atoms with Gasteiger partial charge in [0.1, 0.15) is 6.04 Å². The summed E-state index contributed by atoms with van der Waals surface area (Å²) in [6, 6.07) is 5.39. The number of piperazine rings is 1. The van der Waals surface area contributed by atoms with Gasteiger partial charge in [-0.15, -0.1) is 0 Å². The number of hydrogen-bond donors (Lipinski definition) is 2. The van der Waals surface area contributed by atoms with E-state index in [-0.39, 0.29) is 11.8 Å². The topological polar surface area (TPSA) is 61.4 Å². The molecule has 2 amide bonds. The lowest BCUT2D eigenvalue weighted by atomic mass is 10.1. The lowest BCUT2D eigenvalue weighted by Gasteiger charge is -2.33. The Hall–Kier alpha value is -2.04. The van der Waals surface area contributed by atoms with Crippen molar-refractivity contribution in [1.82, 2.24) is 10.2 Å². The highest BCUT2D eigenvalue weighted by atomic mass is 16.2. The molecule has 0 spiro atoms. The van der Waals surface area contributed by atoms with Gasteiger partial charge in [-0.3, -0.25) is 9.59 Å². The zero-order valence-corrected chi connectivity index (χ0v) is 12.9. The maximum atomic E-state index is 12.8. The molecular weight excluding hydrogens is 266 g/mol. The van der Waals surface area contributed by atoms with E-state index in [9.17, 15) is 9.59 Å². The lowest BCUT2D eigenvalue weighted by molar-refractivity contribution is -0.127. The van der Waals surface area contributed by atoms with Gasteiger partial charge >= 0.3 is 0 Å². The van der Waals surface area contributed by atoms with Crippen molar-refractivity contribution < 1.29 is 9.59 Å². The van der Waals surface area contributed by atoms with E-state index in [0.717, 1.165) is 24.2 Å². The van der Waals surface area contributed by atoms with E-state index in [1.54, 1.807) is 11.8 Å². The second kappa shape index (κ2) is 6.61. The zero-order valence-electron chi connectivity index (χ0n) is 12.9. The largest absolute Gasteiger partial charge is 0.384 e. The number of rotatable bonds is 4. The Kier molecular flexibility index (Phi) is 4.83. The highest BCUT2D eigenvalue weighted by Crippen LogP contribution is 2.21. The molecule has 1 fully saturated rings. The molecule has 114 valence electrons. The number of nitrogens with zero attached hydrogens (tertiary/aromatic N) is 1. The van der Waals surface area contributed by atoms with E-state index >= 15 is 0 Å². The zero-order chi connectivity index (χ0) is 15.4. The fourth-order valence-electron chi connectivity index (χ4n) is 2.46. The molecule has 1 saturated heterocycles. The summed E-state index contributed by atoms with van der Waals surface area (Å²) >= 11 is 0. The molecule has 1 atom stereocenters. The van der Waals surface area contributed by atoms with Gasteiger partial charge < -0.3 is 15.5 Å². The van der Waals surface area contributed by atoms with Crippen molar-refractivity contribution in [1.29, 1.82) is 0 Å². The molecule has 1 heterocycles. The van der Waals surface area contributed by atoms with Crippen molar-refractivity contribution in [3.8, 4) is 0 Å². The number of anilines is 1. The number of benzene rings is 1. The van der Waals surface area contributed by atoms with Crippen molar-refractivity contribution in [3.63, 3.8) is 0 Å². The molecule has 21 heavy (non-hydrogen) atoms. The number of aryl methyl sites for hydroxylation is 1. The Bertz CT molecular complexity index is 542. The van der Waals surface area contributed by atoms with Crippen molar-refractivity contribution in [2.45, 2.75) is 33.2 Å². The summed E-state index contributed by atoms with van der Waals surface area (Å²) in [5.41, 5.74) is 2.52. The summed E-state index contributed by atoms with van der Waals surface area (Å²) in [5.74, 6) is -0.176. The Labute approximate surface area is 125 Å². The Morgan fingerprint density at radius 2 is 2.24 bits per heavy atom. The predicted molar refractivity (Wildman–Crippen MR) is 83.5 cm³/mol. The average molecular weight is 289 g/mol. The van der Waals surface area contributed by atoms with E-state index in [2.05, 4.69) is 17.6 Å². The fourth-order valence-corrected chi connectivity index (χ4v) is 2.46. The molecular formula is C16H23N3O2. The molecule has 1 aromatic rings. The van der Waals surface area contributed by atoms with Gasteiger partial charge in [0.05, 0.1) is 5.56 Å². The van der Waals surface area contributed by atoms with Crippen LogP contribution in [0.1, 0.15) is 36.2 Å². The minimum atomic E-state index is -0.425. The van der Waals surface area contributed by atoms with Crippen LogP contribution in [-0.4, -0.2) is 42.4 Å². The summed E-state index contributed by atoms with van der Waals surface area (Å²) in [4.78, 5) is 26.2. The van der Waals surface area contributed by atoms with Crippen LogP contribution in [-0.2, 0) is 4.79 Å². The van der Waals surface area contributed by atoms with E-state index in [1.165, 1.54) is 0 Å². The summed E-state index contributed by atoms with van der Waals surface area (Å²) in [6.07, 6.45) is 0.990. The molecule has 0 aliphatic carbocycles. The summed E-state index contributed by atoms with van der Waals surface area (Å²) < 4.78 is 0. The van der Waals surface area contributed by atoms with Crippen LogP contribution in [0.3, 0.4) is 0 Å². The van der Waals surface area contributed by atoms with Gasteiger partial charge in [0.2, 0.25) is 5.91 Å². The molecule has 0 radical (unpaired) electrons. The van der Waals surface area contributed by atoms with Gasteiger partial charge in [-0.2, -0.15) is 0 Å². The number of carbonyl (C=O) groups excluding carboxylic acids is 2. The molecule has 0 saturated carbocycles. The third-order valence-corrected chi connectivity index (χ3v) is 3.73. The maximum Gasteiger partial charge on any atom is 0.256 e. The van der Waals surface area contributed by atoms with E-state index < -0.39 is 6.04 Å². The molecule has 5 nitrogen and oxygen atoms in total. The SMILES string of the molecule is CCCNc1ccc(C)cc1C(=O)N1CCNC(=O)C1C. The molecule has 1 aliphatic rings. The first-order chi connectivity index (χ1) is 10.0. The van der Waals surface area contributed by atoms with Crippen LogP contribution in [0, 0.1) is 6.92 Å². The van der Waals surface area contributed by atoms with Gasteiger partial charge in [0.15, 0.2) is 0 Å². The van der Waals surface area contributed by atoms with Crippen LogP contribution in [0.5, 0.6) is 0 Å². The molecule has 0 bridgehead atoms. The monoisotopic (exact) mass is 289 g/mol. The number of hydrogen-bond acceptors (Lipinski definition) is 3. The Morgan fingerprint density at radius 3 is 2.95 bits per heavy atom. The van der Waals surface area contributed by atoms with Crippen LogP contribution in [0.2, 0.25) is 0 Å². The quantitative estimate of drug-likeness (QED) is 0.888. The van der Waals surface area contributed by atoms with Crippen molar-refractivity contribution in [2.75, 3.05) is 25.0 Å². The molecule has 1 aromatic carbocycles. The molecule has 1 aliphatic heterocycles. The van der Waals surface area contributed by atoms with Crippen LogP contribution in [0.25, 0.3) is 0 Å². The van der Waals surface area contributed by atoms with Crippen molar-refractivity contribution in [2.24, 2.45) is 0 Å². The van der Waals surface area contributed by atoms with E-state index in [0.29, 0.717) is 18.7 Å². The highest BCUT2D eigenvalue weighted by molar-refractivity contribution is 6.02. The minimum absolute atomic E-state index is 0.0837. The molecule has 0 aromatic heterocycles. The number of amides is 2. The second-order valence-corrected chi connectivity index (χ2v) is 5.44. The highest BCUT2D eigenvalue weighted by Gasteiger charge is 2.30. The van der Waals surface area contributed by atoms with Gasteiger partial charge in [0, 0.05) is 25.3 Å². The van der Waals surface area contributed by atoms with Crippen LogP contribution in [0.15, 0.2) is 18.2 Å². The van der Waals surface area contributed by atoms with Crippen molar-refractivity contribution >= 4 is 17.5 Å². The Morgan fingerprint density at radius 1 is 1.48 bits per heavy atom.